The molecule has 0 N–H and O–H groups in total. The zero-order chi connectivity index (χ0) is 9.28. The average Bonchev–Trinajstić information content (AvgIpc) is 1.83. The van der Waals surface area contributed by atoms with E-state index in [0.717, 1.165) is 0 Å². The number of alkyl halides is 5. The van der Waals surface area contributed by atoms with Crippen LogP contribution in [0.5, 0.6) is 0 Å². The summed E-state index contributed by atoms with van der Waals surface area (Å²) in [6, 6.07) is 0. The van der Waals surface area contributed by atoms with E-state index in [0.29, 0.717) is 0 Å². The van der Waals surface area contributed by atoms with E-state index in [-0.39, 0.29) is 43.5 Å². The van der Waals surface area contributed by atoms with Crippen LogP contribution >= 0.6 is 24.0 Å². The molecule has 0 unspecified atom stereocenters. The monoisotopic (exact) mass is 373 g/mol. The molecule has 0 fully saturated rings. The van der Waals surface area contributed by atoms with E-state index in [2.05, 4.69) is 0 Å². The Bertz CT molecular complexity index is 174. The zero-order valence-electron chi connectivity index (χ0n) is 5.76. The van der Waals surface area contributed by atoms with E-state index in [9.17, 15) is 30.7 Å². The fraction of sp³-hybridized carbons (Fsp3) is 0.500. The van der Waals surface area contributed by atoms with Gasteiger partial charge in [-0.15, -0.1) is 24.0 Å². The summed E-state index contributed by atoms with van der Waals surface area (Å²) in [7, 11) is 0. The summed E-state index contributed by atoms with van der Waals surface area (Å²) in [5, 5.41) is 0. The molecule has 0 saturated carbocycles. The summed E-state index contributed by atoms with van der Waals surface area (Å²) in [5.41, 5.74) is 0. The molecule has 76 valence electrons. The van der Waals surface area contributed by atoms with Gasteiger partial charge in [0.2, 0.25) is 0 Å². The second-order valence-corrected chi connectivity index (χ2v) is 1.48. The fourth-order valence-corrected chi connectivity index (χ4v) is 0.184. The summed E-state index contributed by atoms with van der Waals surface area (Å²) >= 11 is 0. The number of rotatable bonds is 1. The smallest absolute Gasteiger partial charge is 0.455 e. The maximum Gasteiger partial charge on any atom is 0.457 e. The fourth-order valence-electron chi connectivity index (χ4n) is 0.184. The van der Waals surface area contributed by atoms with Crippen LogP contribution in [-0.4, -0.2) is 12.1 Å². The molecule has 0 aliphatic heterocycles. The largest absolute Gasteiger partial charge is 0.457 e. The Hall–Kier alpha value is 0.603. The predicted molar refractivity (Wildman–Crippen MR) is 35.4 cm³/mol. The van der Waals surface area contributed by atoms with Gasteiger partial charge in [-0.2, -0.15) is 22.0 Å². The number of hydrogen-bond acceptors (Lipinski definition) is 0. The first-order valence-corrected chi connectivity index (χ1v) is 2.07. The summed E-state index contributed by atoms with van der Waals surface area (Å²) in [5.74, 6) is -9.06. The maximum absolute atomic E-state index is 11.5. The van der Waals surface area contributed by atoms with Crippen molar-refractivity contribution in [3.63, 3.8) is 0 Å². The molecule has 0 radical (unpaired) electrons. The third kappa shape index (κ3) is 4.57. The van der Waals surface area contributed by atoms with Crippen molar-refractivity contribution < 1.29 is 50.2 Å². The Balaban J connectivity index is -0.000000500. The second kappa shape index (κ2) is 6.16. The molecule has 0 amide bonds. The predicted octanol–water partition coefficient (Wildman–Crippen LogP) is 3.38. The molecular weight excluding hydrogens is 373 g/mol. The molecule has 0 atom stereocenters. The van der Waals surface area contributed by atoms with Gasteiger partial charge in [0, 0.05) is 25.3 Å². The van der Waals surface area contributed by atoms with Gasteiger partial charge < -0.3 is 4.39 Å². The number of allylic oxidation sites excluding steroid dienone is 1. The van der Waals surface area contributed by atoms with Gasteiger partial charge in [-0.3, -0.25) is 6.33 Å². The van der Waals surface area contributed by atoms with Gasteiger partial charge in [0.1, 0.15) is 0 Å². The molecule has 0 aromatic rings. The van der Waals surface area contributed by atoms with Crippen molar-refractivity contribution in [3.05, 3.63) is 12.2 Å². The first-order valence-electron chi connectivity index (χ1n) is 2.07. The maximum atomic E-state index is 11.5. The van der Waals surface area contributed by atoms with Crippen molar-refractivity contribution in [2.45, 2.75) is 12.1 Å². The van der Waals surface area contributed by atoms with E-state index in [1.807, 2.05) is 0 Å². The number of halogens is 8. The Kier molecular flexibility index (Phi) is 9.10. The van der Waals surface area contributed by atoms with Crippen LogP contribution in [0.15, 0.2) is 5.83 Å². The average molecular weight is 374 g/mol. The van der Waals surface area contributed by atoms with Crippen LogP contribution in [0, 0.1) is 6.33 Å². The third-order valence-electron chi connectivity index (χ3n) is 0.715. The van der Waals surface area contributed by atoms with E-state index < -0.39 is 24.3 Å². The van der Waals surface area contributed by atoms with Crippen LogP contribution in [0.3, 0.4) is 0 Å². The Morgan fingerprint density at radius 3 is 1.38 bits per heavy atom. The van der Waals surface area contributed by atoms with Crippen LogP contribution in [0.25, 0.3) is 0 Å². The van der Waals surface area contributed by atoms with Crippen molar-refractivity contribution >= 4 is 24.0 Å². The van der Waals surface area contributed by atoms with Crippen LogP contribution in [0.4, 0.5) is 30.7 Å². The molecule has 0 heterocycles. The van der Waals surface area contributed by atoms with Crippen molar-refractivity contribution in [1.82, 2.24) is 0 Å². The molecule has 0 aliphatic rings. The molecule has 0 saturated heterocycles. The normalized spacial score (nSPS) is 13.0. The van der Waals surface area contributed by atoms with E-state index in [4.69, 9.17) is 0 Å². The van der Waals surface area contributed by atoms with Crippen molar-refractivity contribution in [3.8, 4) is 0 Å². The van der Waals surface area contributed by atoms with E-state index in [1.54, 1.807) is 0 Å². The summed E-state index contributed by atoms with van der Waals surface area (Å²) in [6.45, 7) is 0. The molecule has 0 aromatic heterocycles. The minimum Gasteiger partial charge on any atom is -0.455 e. The summed E-state index contributed by atoms with van der Waals surface area (Å²) < 4.78 is 78.3. The Morgan fingerprint density at radius 1 is 1.00 bits per heavy atom. The topological polar surface area (TPSA) is 0 Å². The first-order chi connectivity index (χ1) is 4.73. The molecule has 13 heavy (non-hydrogen) atoms. The number of hydrogen-bond donors (Lipinski definition) is 0. The minimum absolute atomic E-state index is 0. The van der Waals surface area contributed by atoms with Crippen LogP contribution in [-0.2, 0) is 19.5 Å². The van der Waals surface area contributed by atoms with Crippen LogP contribution in [0.2, 0.25) is 0 Å². The molecule has 0 spiro atoms. The van der Waals surface area contributed by atoms with Gasteiger partial charge in [0.05, 0.1) is 0 Å². The Morgan fingerprint density at radius 2 is 1.31 bits per heavy atom. The SMILES string of the molecule is F[C-]=C(F)C(F)(F)C(F)(F)F.I.[Zn]. The Labute approximate surface area is 98.3 Å². The van der Waals surface area contributed by atoms with Crippen molar-refractivity contribution in [1.29, 1.82) is 0 Å². The third-order valence-corrected chi connectivity index (χ3v) is 0.715. The summed E-state index contributed by atoms with van der Waals surface area (Å²) in [6.07, 6.45) is -6.54. The van der Waals surface area contributed by atoms with Crippen LogP contribution < -0.4 is 0 Å². The van der Waals surface area contributed by atoms with Crippen molar-refractivity contribution in [2.24, 2.45) is 0 Å². The standard InChI is InChI=1S/C4F7.HI.Zn/c5-1-2(6)3(7,8)4(9,10)11;;/h;1H;/q-1;;. The summed E-state index contributed by atoms with van der Waals surface area (Å²) in [4.78, 5) is 0. The molecule has 0 aliphatic carbocycles. The van der Waals surface area contributed by atoms with E-state index >= 15 is 0 Å². The minimum atomic E-state index is -6.13. The van der Waals surface area contributed by atoms with Gasteiger partial charge in [0.15, 0.2) is 0 Å². The molecule has 9 heteroatoms. The molecule has 0 nitrogen and oxygen atoms in total. The van der Waals surface area contributed by atoms with Gasteiger partial charge in [-0.25, -0.2) is 4.39 Å². The molecule has 0 aromatic carbocycles. The second-order valence-electron chi connectivity index (χ2n) is 1.48. The first kappa shape index (κ1) is 19.2. The van der Waals surface area contributed by atoms with E-state index in [1.165, 1.54) is 0 Å². The van der Waals surface area contributed by atoms with Gasteiger partial charge >= 0.3 is 12.1 Å². The molecule has 0 bridgehead atoms. The zero-order valence-corrected chi connectivity index (χ0v) is 11.1. The van der Waals surface area contributed by atoms with Crippen LogP contribution in [0.1, 0.15) is 0 Å². The molecule has 0 rings (SSSR count). The quantitative estimate of drug-likeness (QED) is 0.286. The van der Waals surface area contributed by atoms with Gasteiger partial charge in [-0.1, -0.05) is 0 Å². The molecular formula is C4HF7IZn-. The van der Waals surface area contributed by atoms with Crippen molar-refractivity contribution in [2.75, 3.05) is 0 Å². The van der Waals surface area contributed by atoms with Gasteiger partial charge in [0.25, 0.3) is 0 Å². The van der Waals surface area contributed by atoms with Gasteiger partial charge in [-0.05, 0) is 0 Å².